The number of aromatic nitrogens is 2. The predicted molar refractivity (Wildman–Crippen MR) is 153 cm³/mol. The Labute approximate surface area is 235 Å². The van der Waals surface area contributed by atoms with E-state index in [0.29, 0.717) is 41.5 Å². The highest BCUT2D eigenvalue weighted by Crippen LogP contribution is 2.40. The van der Waals surface area contributed by atoms with Gasteiger partial charge in [0.25, 0.3) is 15.9 Å². The number of nitrogens with one attached hydrogen (secondary N) is 1. The molecule has 11 heteroatoms. The fourth-order valence-electron chi connectivity index (χ4n) is 4.73. The van der Waals surface area contributed by atoms with Crippen molar-refractivity contribution < 1.29 is 22.3 Å². The maximum atomic E-state index is 14.7. The van der Waals surface area contributed by atoms with Crippen molar-refractivity contribution in [3.05, 3.63) is 59.4 Å². The van der Waals surface area contributed by atoms with E-state index in [1.54, 1.807) is 19.1 Å². The lowest BCUT2D eigenvalue weighted by molar-refractivity contribution is 0.0981. The van der Waals surface area contributed by atoms with E-state index in [2.05, 4.69) is 30.5 Å². The van der Waals surface area contributed by atoms with Gasteiger partial charge in [0, 0.05) is 23.7 Å². The summed E-state index contributed by atoms with van der Waals surface area (Å²) in [6.45, 7) is 13.0. The van der Waals surface area contributed by atoms with Gasteiger partial charge in [-0.2, -0.15) is 8.42 Å². The van der Waals surface area contributed by atoms with Crippen LogP contribution in [-0.2, 0) is 10.0 Å². The summed E-state index contributed by atoms with van der Waals surface area (Å²) in [5.74, 6) is -0.0816. The molecule has 3 aromatic rings. The van der Waals surface area contributed by atoms with Crippen LogP contribution in [0.15, 0.2) is 47.5 Å². The van der Waals surface area contributed by atoms with Gasteiger partial charge in [0.05, 0.1) is 17.9 Å². The Kier molecular flexibility index (Phi) is 8.07. The van der Waals surface area contributed by atoms with Crippen molar-refractivity contribution in [1.29, 1.82) is 0 Å². The molecule has 9 nitrogen and oxygen atoms in total. The molecule has 3 heterocycles. The highest BCUT2D eigenvalue weighted by atomic mass is 32.2. The number of carbonyl (C=O) groups is 1. The molecule has 1 aliphatic rings. The van der Waals surface area contributed by atoms with Gasteiger partial charge in [0.1, 0.15) is 23.2 Å². The summed E-state index contributed by atoms with van der Waals surface area (Å²) in [4.78, 5) is 24.3. The second-order valence-electron chi connectivity index (χ2n) is 11.2. The first-order valence-corrected chi connectivity index (χ1v) is 14.7. The van der Waals surface area contributed by atoms with Gasteiger partial charge in [-0.3, -0.25) is 4.79 Å². The molecular formula is C29H36FN5O4S. The number of hydrogen-bond donors (Lipinski definition) is 2. The minimum atomic E-state index is -4.31. The van der Waals surface area contributed by atoms with Crippen LogP contribution in [0.4, 0.5) is 16.0 Å². The van der Waals surface area contributed by atoms with Crippen molar-refractivity contribution >= 4 is 27.6 Å². The average molecular weight is 570 g/mol. The number of carbonyl (C=O) groups excluding carboxylic acids is 1. The molecule has 1 amide bonds. The number of ether oxygens (including phenoxy) is 1. The van der Waals surface area contributed by atoms with Gasteiger partial charge in [-0.05, 0) is 74.9 Å². The van der Waals surface area contributed by atoms with Crippen LogP contribution in [0.2, 0.25) is 0 Å². The Bertz CT molecular complexity index is 1540. The van der Waals surface area contributed by atoms with E-state index in [0.717, 1.165) is 6.42 Å². The normalized spacial score (nSPS) is 16.8. The number of rotatable bonds is 8. The molecule has 40 heavy (non-hydrogen) atoms. The lowest BCUT2D eigenvalue weighted by Crippen LogP contribution is -2.44. The van der Waals surface area contributed by atoms with Gasteiger partial charge in [-0.15, -0.1) is 0 Å². The highest BCUT2D eigenvalue weighted by Gasteiger charge is 2.41. The number of benzene rings is 1. The summed E-state index contributed by atoms with van der Waals surface area (Å²) in [6, 6.07) is 10.2. The van der Waals surface area contributed by atoms with E-state index < -0.39 is 21.7 Å². The van der Waals surface area contributed by atoms with E-state index in [-0.39, 0.29) is 33.8 Å². The number of halogens is 1. The van der Waals surface area contributed by atoms with Crippen LogP contribution in [-0.4, -0.2) is 43.0 Å². The number of aryl methyl sites for hydroxylation is 1. The number of nitrogens with two attached hydrogens (primary N) is 1. The summed E-state index contributed by atoms with van der Waals surface area (Å²) in [5.41, 5.74) is 6.89. The average Bonchev–Trinajstić information content (AvgIpc) is 3.13. The van der Waals surface area contributed by atoms with E-state index >= 15 is 0 Å². The number of nitrogen functional groups attached to an aromatic ring is 1. The van der Waals surface area contributed by atoms with Crippen molar-refractivity contribution in [3.63, 3.8) is 0 Å². The summed E-state index contributed by atoms with van der Waals surface area (Å²) in [7, 11) is -4.31. The van der Waals surface area contributed by atoms with E-state index in [1.165, 1.54) is 30.3 Å². The van der Waals surface area contributed by atoms with Crippen molar-refractivity contribution in [2.45, 2.75) is 58.5 Å². The molecule has 1 fully saturated rings. The molecule has 1 unspecified atom stereocenters. The third-order valence-corrected chi connectivity index (χ3v) is 8.59. The Balaban J connectivity index is 1.82. The molecule has 1 atom stereocenters. The Morgan fingerprint density at radius 1 is 1.23 bits per heavy atom. The van der Waals surface area contributed by atoms with E-state index in [4.69, 9.17) is 15.5 Å². The third kappa shape index (κ3) is 6.04. The van der Waals surface area contributed by atoms with Gasteiger partial charge in [0.15, 0.2) is 5.03 Å². The van der Waals surface area contributed by atoms with Crippen molar-refractivity contribution in [2.75, 3.05) is 23.8 Å². The molecule has 214 valence electrons. The molecular weight excluding hydrogens is 533 g/mol. The molecule has 0 aliphatic carbocycles. The number of anilines is 2. The first-order chi connectivity index (χ1) is 18.7. The van der Waals surface area contributed by atoms with Gasteiger partial charge < -0.3 is 15.4 Å². The summed E-state index contributed by atoms with van der Waals surface area (Å²) < 4.78 is 48.6. The molecule has 0 spiro atoms. The largest absolute Gasteiger partial charge is 0.493 e. The summed E-state index contributed by atoms with van der Waals surface area (Å²) in [5, 5.41) is -0.368. The Morgan fingerprint density at radius 2 is 1.95 bits per heavy atom. The van der Waals surface area contributed by atoms with Gasteiger partial charge in [-0.1, -0.05) is 26.8 Å². The number of nitrogens with zero attached hydrogens (tertiary/aromatic N) is 3. The zero-order valence-electron chi connectivity index (χ0n) is 23.7. The van der Waals surface area contributed by atoms with Crippen LogP contribution in [0.3, 0.4) is 0 Å². The van der Waals surface area contributed by atoms with Crippen LogP contribution < -0.4 is 20.1 Å². The zero-order valence-corrected chi connectivity index (χ0v) is 24.5. The lowest BCUT2D eigenvalue weighted by Gasteiger charge is -2.37. The van der Waals surface area contributed by atoms with Crippen LogP contribution in [0, 0.1) is 24.6 Å². The maximum absolute atomic E-state index is 14.7. The van der Waals surface area contributed by atoms with Crippen molar-refractivity contribution in [1.82, 2.24) is 14.7 Å². The predicted octanol–water partition coefficient (Wildman–Crippen LogP) is 4.95. The molecule has 1 saturated heterocycles. The monoisotopic (exact) mass is 569 g/mol. The van der Waals surface area contributed by atoms with Crippen LogP contribution in [0.25, 0.3) is 11.3 Å². The number of amides is 1. The quantitative estimate of drug-likeness (QED) is 0.390. The minimum Gasteiger partial charge on any atom is -0.493 e. The fraction of sp³-hybridized carbons (Fsp3) is 0.414. The fourth-order valence-corrected chi connectivity index (χ4v) is 5.68. The standard InChI is InChI=1S/C29H36FN5O4S/c1-17(2)16-39-22-14-20(13-21(30)15-22)26-18(3)12-23(27(33-26)35-11-10-19(4)29(35,5)6)28(36)34-40(37,38)25-9-7-8-24(31)32-25/h7-9,12-15,17,19H,10-11,16H2,1-6H3,(H2,31,32)(H,34,36). The van der Waals surface area contributed by atoms with E-state index in [1.807, 2.05) is 18.7 Å². The Hall–Kier alpha value is -3.73. The second-order valence-corrected chi connectivity index (χ2v) is 12.9. The molecule has 3 N–H and O–H groups in total. The van der Waals surface area contributed by atoms with Crippen molar-refractivity contribution in [3.8, 4) is 17.0 Å². The summed E-state index contributed by atoms with van der Waals surface area (Å²) >= 11 is 0. The molecule has 0 radical (unpaired) electrons. The Morgan fingerprint density at radius 3 is 2.58 bits per heavy atom. The van der Waals surface area contributed by atoms with Gasteiger partial charge in [-0.25, -0.2) is 19.1 Å². The lowest BCUT2D eigenvalue weighted by atomic mass is 9.90. The first-order valence-electron chi connectivity index (χ1n) is 13.2. The second kappa shape index (κ2) is 11.0. The van der Waals surface area contributed by atoms with Gasteiger partial charge in [0.2, 0.25) is 0 Å². The number of sulfonamides is 1. The molecule has 1 aliphatic heterocycles. The molecule has 0 bridgehead atoms. The van der Waals surface area contributed by atoms with Gasteiger partial charge >= 0.3 is 0 Å². The zero-order chi connectivity index (χ0) is 29.4. The van der Waals surface area contributed by atoms with Crippen molar-refractivity contribution in [2.24, 2.45) is 11.8 Å². The smallest absolute Gasteiger partial charge is 0.281 e. The highest BCUT2D eigenvalue weighted by molar-refractivity contribution is 7.90. The first kappa shape index (κ1) is 29.3. The molecule has 2 aromatic heterocycles. The molecule has 4 rings (SSSR count). The third-order valence-electron chi connectivity index (χ3n) is 7.36. The minimum absolute atomic E-state index is 0.0116. The van der Waals surface area contributed by atoms with Crippen LogP contribution in [0.1, 0.15) is 57.0 Å². The molecule has 0 saturated carbocycles. The van der Waals surface area contributed by atoms with E-state index in [9.17, 15) is 17.6 Å². The number of pyridine rings is 2. The summed E-state index contributed by atoms with van der Waals surface area (Å²) in [6.07, 6.45) is 0.859. The number of hydrogen-bond acceptors (Lipinski definition) is 8. The van der Waals surface area contributed by atoms with Crippen LogP contribution >= 0.6 is 0 Å². The topological polar surface area (TPSA) is 128 Å². The SMILES string of the molecule is Cc1cc(C(=O)NS(=O)(=O)c2cccc(N)n2)c(N2CCC(C)C2(C)C)nc1-c1cc(F)cc(OCC(C)C)c1. The maximum Gasteiger partial charge on any atom is 0.281 e. The van der Waals surface area contributed by atoms with Crippen LogP contribution in [0.5, 0.6) is 5.75 Å². The molecule has 1 aromatic carbocycles.